The van der Waals surface area contributed by atoms with Crippen molar-refractivity contribution in [3.05, 3.63) is 39.7 Å². The average Bonchev–Trinajstić information content (AvgIpc) is 2.23. The quantitative estimate of drug-likeness (QED) is 0.436. The summed E-state index contributed by atoms with van der Waals surface area (Å²) in [5, 5.41) is 21.9. The summed E-state index contributed by atoms with van der Waals surface area (Å²) in [5.74, 6) is -0.617. The second-order valence-corrected chi connectivity index (χ2v) is 3.33. The third-order valence-corrected chi connectivity index (χ3v) is 1.99. The minimum Gasteiger partial charge on any atom is -0.396 e. The number of aliphatic hydroxyl groups is 1. The molecule has 6 heteroatoms. The van der Waals surface area contributed by atoms with E-state index in [2.05, 4.69) is 5.32 Å². The highest BCUT2D eigenvalue weighted by Gasteiger charge is 2.09. The summed E-state index contributed by atoms with van der Waals surface area (Å²) in [6.07, 6.45) is 0.595. The molecule has 1 rings (SSSR count). The first kappa shape index (κ1) is 12.5. The fourth-order valence-corrected chi connectivity index (χ4v) is 1.28. The molecule has 1 aromatic rings. The molecule has 0 aliphatic carbocycles. The zero-order chi connectivity index (χ0) is 12.0. The van der Waals surface area contributed by atoms with Crippen LogP contribution < -0.4 is 5.32 Å². The number of hydrogen-bond acceptors (Lipinski definition) is 4. The second-order valence-electron chi connectivity index (χ2n) is 3.33. The Morgan fingerprint density at radius 1 is 1.44 bits per heavy atom. The molecule has 0 bridgehead atoms. The van der Waals surface area contributed by atoms with Crippen molar-refractivity contribution in [2.24, 2.45) is 0 Å². The van der Waals surface area contributed by atoms with E-state index in [4.69, 9.17) is 5.11 Å². The van der Waals surface area contributed by atoms with Crippen molar-refractivity contribution in [2.75, 3.05) is 13.2 Å². The number of nitrogens with zero attached hydrogens (tertiary/aromatic N) is 1. The number of rotatable bonds is 6. The molecule has 0 aliphatic rings. The molecule has 0 saturated heterocycles. The summed E-state index contributed by atoms with van der Waals surface area (Å²) < 4.78 is 13.0. The molecule has 0 unspecified atom stereocenters. The summed E-state index contributed by atoms with van der Waals surface area (Å²) in [4.78, 5) is 9.84. The van der Waals surface area contributed by atoms with E-state index in [1.54, 1.807) is 0 Å². The molecular weight excluding hydrogens is 215 g/mol. The summed E-state index contributed by atoms with van der Waals surface area (Å²) in [5.41, 5.74) is 0.267. The normalized spacial score (nSPS) is 10.4. The fourth-order valence-electron chi connectivity index (χ4n) is 1.28. The van der Waals surface area contributed by atoms with Crippen molar-refractivity contribution in [2.45, 2.75) is 13.0 Å². The maximum Gasteiger partial charge on any atom is 0.272 e. The highest BCUT2D eigenvalue weighted by molar-refractivity contribution is 5.35. The fraction of sp³-hybridized carbons (Fsp3) is 0.400. The van der Waals surface area contributed by atoms with Gasteiger partial charge < -0.3 is 10.4 Å². The molecule has 0 atom stereocenters. The lowest BCUT2D eigenvalue weighted by Crippen LogP contribution is -2.15. The van der Waals surface area contributed by atoms with Gasteiger partial charge in [0.2, 0.25) is 0 Å². The first-order chi connectivity index (χ1) is 7.63. The molecule has 0 saturated carbocycles. The van der Waals surface area contributed by atoms with Gasteiger partial charge in [-0.3, -0.25) is 10.1 Å². The Bertz CT molecular complexity index is 371. The number of nitro benzene ring substituents is 1. The Labute approximate surface area is 92.1 Å². The summed E-state index contributed by atoms with van der Waals surface area (Å²) in [6.45, 7) is 1.01. The number of nitro groups is 1. The van der Waals surface area contributed by atoms with Crippen molar-refractivity contribution >= 4 is 5.69 Å². The van der Waals surface area contributed by atoms with Crippen LogP contribution in [-0.4, -0.2) is 23.2 Å². The van der Waals surface area contributed by atoms with Gasteiger partial charge in [-0.1, -0.05) is 0 Å². The molecule has 0 aromatic heterocycles. The SMILES string of the molecule is O=[N+]([O-])c1cc(F)cc(CNCCCO)c1. The number of halogens is 1. The molecule has 88 valence electrons. The van der Waals surface area contributed by atoms with Gasteiger partial charge in [0, 0.05) is 19.2 Å². The highest BCUT2D eigenvalue weighted by Crippen LogP contribution is 2.15. The summed E-state index contributed by atoms with van der Waals surface area (Å²) in [7, 11) is 0. The zero-order valence-electron chi connectivity index (χ0n) is 8.65. The minimum absolute atomic E-state index is 0.0797. The highest BCUT2D eigenvalue weighted by atomic mass is 19.1. The number of hydrogen-bond donors (Lipinski definition) is 2. The van der Waals surface area contributed by atoms with E-state index in [9.17, 15) is 14.5 Å². The van der Waals surface area contributed by atoms with E-state index in [1.165, 1.54) is 12.1 Å². The summed E-state index contributed by atoms with van der Waals surface area (Å²) in [6, 6.07) is 3.46. The third kappa shape index (κ3) is 3.92. The first-order valence-corrected chi connectivity index (χ1v) is 4.89. The number of non-ortho nitro benzene ring substituents is 1. The Morgan fingerprint density at radius 2 is 2.19 bits per heavy atom. The number of aliphatic hydroxyl groups excluding tert-OH is 1. The Hall–Kier alpha value is -1.53. The van der Waals surface area contributed by atoms with Gasteiger partial charge in [0.1, 0.15) is 5.82 Å². The Balaban J connectivity index is 2.62. The van der Waals surface area contributed by atoms with Gasteiger partial charge in [-0.15, -0.1) is 0 Å². The van der Waals surface area contributed by atoms with Crippen LogP contribution in [0.1, 0.15) is 12.0 Å². The average molecular weight is 228 g/mol. The van der Waals surface area contributed by atoms with Crippen LogP contribution in [0.4, 0.5) is 10.1 Å². The Kier molecular flexibility index (Phi) is 4.81. The van der Waals surface area contributed by atoms with E-state index >= 15 is 0 Å². The second kappa shape index (κ2) is 6.14. The van der Waals surface area contributed by atoms with Crippen molar-refractivity contribution < 1.29 is 14.4 Å². The summed E-state index contributed by atoms with van der Waals surface area (Å²) >= 11 is 0. The van der Waals surface area contributed by atoms with Gasteiger partial charge in [0.15, 0.2) is 0 Å². The lowest BCUT2D eigenvalue weighted by molar-refractivity contribution is -0.385. The van der Waals surface area contributed by atoms with Crippen LogP contribution in [0.15, 0.2) is 18.2 Å². The largest absolute Gasteiger partial charge is 0.396 e. The van der Waals surface area contributed by atoms with Crippen LogP contribution in [0.5, 0.6) is 0 Å². The van der Waals surface area contributed by atoms with Gasteiger partial charge in [0.05, 0.1) is 11.0 Å². The molecule has 0 spiro atoms. The molecule has 0 radical (unpaired) electrons. The predicted molar refractivity (Wildman–Crippen MR) is 56.5 cm³/mol. The lowest BCUT2D eigenvalue weighted by Gasteiger charge is -2.04. The van der Waals surface area contributed by atoms with Crippen molar-refractivity contribution in [3.63, 3.8) is 0 Å². The Morgan fingerprint density at radius 3 is 2.81 bits per heavy atom. The number of nitrogens with one attached hydrogen (secondary N) is 1. The van der Waals surface area contributed by atoms with Crippen LogP contribution in [-0.2, 0) is 6.54 Å². The van der Waals surface area contributed by atoms with E-state index in [1.807, 2.05) is 0 Å². The van der Waals surface area contributed by atoms with Crippen LogP contribution in [0.3, 0.4) is 0 Å². The minimum atomic E-state index is -0.625. The van der Waals surface area contributed by atoms with Gasteiger partial charge >= 0.3 is 0 Å². The molecule has 1 aromatic carbocycles. The molecule has 5 nitrogen and oxygen atoms in total. The van der Waals surface area contributed by atoms with E-state index < -0.39 is 10.7 Å². The molecule has 2 N–H and O–H groups in total. The standard InChI is InChI=1S/C10H13FN2O3/c11-9-4-8(7-12-2-1-3-14)5-10(6-9)13(15)16/h4-6,12,14H,1-3,7H2. The molecular formula is C10H13FN2O3. The van der Waals surface area contributed by atoms with Crippen LogP contribution in [0.25, 0.3) is 0 Å². The lowest BCUT2D eigenvalue weighted by atomic mass is 10.2. The third-order valence-electron chi connectivity index (χ3n) is 1.99. The molecule has 0 fully saturated rings. The van der Waals surface area contributed by atoms with Gasteiger partial charge in [-0.25, -0.2) is 4.39 Å². The van der Waals surface area contributed by atoms with E-state index in [0.29, 0.717) is 25.1 Å². The van der Waals surface area contributed by atoms with Gasteiger partial charge in [-0.05, 0) is 24.6 Å². The maximum absolute atomic E-state index is 13.0. The first-order valence-electron chi connectivity index (χ1n) is 4.89. The molecule has 16 heavy (non-hydrogen) atoms. The molecule has 0 heterocycles. The maximum atomic E-state index is 13.0. The smallest absolute Gasteiger partial charge is 0.272 e. The number of benzene rings is 1. The monoisotopic (exact) mass is 228 g/mol. The van der Waals surface area contributed by atoms with Gasteiger partial charge in [0.25, 0.3) is 5.69 Å². The molecule has 0 aliphatic heterocycles. The van der Waals surface area contributed by atoms with Crippen LogP contribution in [0.2, 0.25) is 0 Å². The topological polar surface area (TPSA) is 75.4 Å². The van der Waals surface area contributed by atoms with Crippen LogP contribution in [0, 0.1) is 15.9 Å². The van der Waals surface area contributed by atoms with Crippen molar-refractivity contribution in [1.29, 1.82) is 0 Å². The van der Waals surface area contributed by atoms with Crippen LogP contribution >= 0.6 is 0 Å². The van der Waals surface area contributed by atoms with E-state index in [0.717, 1.165) is 6.07 Å². The van der Waals surface area contributed by atoms with Crippen molar-refractivity contribution in [1.82, 2.24) is 5.32 Å². The van der Waals surface area contributed by atoms with E-state index in [-0.39, 0.29) is 12.3 Å². The van der Waals surface area contributed by atoms with Gasteiger partial charge in [-0.2, -0.15) is 0 Å². The zero-order valence-corrected chi connectivity index (χ0v) is 8.65. The predicted octanol–water partition coefficient (Wildman–Crippen LogP) is 1.21. The van der Waals surface area contributed by atoms with Crippen molar-refractivity contribution in [3.8, 4) is 0 Å². The molecule has 0 amide bonds.